The molecule has 1 heterocycles. The summed E-state index contributed by atoms with van der Waals surface area (Å²) in [5, 5.41) is 4.07. The Morgan fingerprint density at radius 2 is 2.35 bits per heavy atom. The van der Waals surface area contributed by atoms with Crippen LogP contribution in [0, 0.1) is 0 Å². The fraction of sp³-hybridized carbons (Fsp3) is 0.667. The molecule has 0 saturated heterocycles. The van der Waals surface area contributed by atoms with Gasteiger partial charge in [0.15, 0.2) is 0 Å². The largest absolute Gasteiger partial charge is 0.271 e. The number of hydrogen-bond donors (Lipinski definition) is 2. The van der Waals surface area contributed by atoms with E-state index in [9.17, 15) is 0 Å². The van der Waals surface area contributed by atoms with E-state index in [1.54, 1.807) is 11.0 Å². The molecule has 0 saturated carbocycles. The predicted molar refractivity (Wildman–Crippen MR) is 67.0 cm³/mol. The maximum absolute atomic E-state index is 5.62. The summed E-state index contributed by atoms with van der Waals surface area (Å²) in [4.78, 5) is 4.23. The summed E-state index contributed by atoms with van der Waals surface area (Å²) < 4.78 is 1.81. The first-order valence-electron chi connectivity index (χ1n) is 6.26. The van der Waals surface area contributed by atoms with Crippen molar-refractivity contribution >= 4 is 0 Å². The molecule has 94 valence electrons. The highest BCUT2D eigenvalue weighted by molar-refractivity contribution is 5.08. The molecular weight excluding hydrogens is 214 g/mol. The van der Waals surface area contributed by atoms with Crippen LogP contribution in [-0.2, 0) is 13.5 Å². The summed E-state index contributed by atoms with van der Waals surface area (Å²) in [5.74, 6) is 6.60. The Hall–Kier alpha value is -1.20. The molecule has 1 aromatic rings. The molecule has 5 heteroatoms. The highest BCUT2D eigenvalue weighted by Crippen LogP contribution is 2.21. The van der Waals surface area contributed by atoms with Gasteiger partial charge in [-0.2, -0.15) is 5.10 Å². The second-order valence-corrected chi connectivity index (χ2v) is 4.68. The lowest BCUT2D eigenvalue weighted by atomic mass is 9.93. The first-order valence-corrected chi connectivity index (χ1v) is 6.26. The second kappa shape index (κ2) is 5.93. The van der Waals surface area contributed by atoms with Crippen molar-refractivity contribution in [1.82, 2.24) is 20.2 Å². The van der Waals surface area contributed by atoms with E-state index < -0.39 is 0 Å². The zero-order chi connectivity index (χ0) is 12.1. The topological polar surface area (TPSA) is 68.8 Å². The molecule has 0 amide bonds. The molecule has 0 aliphatic heterocycles. The van der Waals surface area contributed by atoms with Crippen molar-refractivity contribution < 1.29 is 0 Å². The normalized spacial score (nSPS) is 17.9. The van der Waals surface area contributed by atoms with Gasteiger partial charge in [0.05, 0.1) is 0 Å². The number of allylic oxidation sites excluding steroid dienone is 1. The van der Waals surface area contributed by atoms with Gasteiger partial charge in [0.1, 0.15) is 12.2 Å². The summed E-state index contributed by atoms with van der Waals surface area (Å²) >= 11 is 0. The summed E-state index contributed by atoms with van der Waals surface area (Å²) in [6.45, 7) is 0. The number of aryl methyl sites for hydroxylation is 1. The Morgan fingerprint density at radius 3 is 2.94 bits per heavy atom. The highest BCUT2D eigenvalue weighted by Gasteiger charge is 2.14. The monoisotopic (exact) mass is 235 g/mol. The molecule has 0 bridgehead atoms. The first-order chi connectivity index (χ1) is 8.29. The number of rotatable bonds is 5. The molecule has 2 rings (SSSR count). The Bertz CT molecular complexity index is 382. The molecule has 1 atom stereocenters. The number of hydrogen-bond acceptors (Lipinski definition) is 4. The van der Waals surface area contributed by atoms with Crippen LogP contribution in [0.4, 0.5) is 0 Å². The van der Waals surface area contributed by atoms with Gasteiger partial charge >= 0.3 is 0 Å². The van der Waals surface area contributed by atoms with Crippen LogP contribution in [0.3, 0.4) is 0 Å². The highest BCUT2D eigenvalue weighted by atomic mass is 15.3. The number of nitrogens with zero attached hydrogens (tertiary/aromatic N) is 3. The van der Waals surface area contributed by atoms with E-state index >= 15 is 0 Å². The van der Waals surface area contributed by atoms with Crippen LogP contribution >= 0.6 is 0 Å². The minimum Gasteiger partial charge on any atom is -0.271 e. The van der Waals surface area contributed by atoms with Gasteiger partial charge in [-0.25, -0.2) is 4.98 Å². The van der Waals surface area contributed by atoms with Crippen molar-refractivity contribution in [2.75, 3.05) is 0 Å². The number of nitrogens with two attached hydrogens (primary N) is 1. The minimum absolute atomic E-state index is 0.252. The lowest BCUT2D eigenvalue weighted by molar-refractivity contribution is 0.485. The van der Waals surface area contributed by atoms with Gasteiger partial charge in [-0.15, -0.1) is 0 Å². The minimum atomic E-state index is 0.252. The van der Waals surface area contributed by atoms with E-state index in [-0.39, 0.29) is 6.04 Å². The first kappa shape index (κ1) is 12.3. The van der Waals surface area contributed by atoms with Gasteiger partial charge in [-0.3, -0.25) is 16.0 Å². The lowest BCUT2D eigenvalue weighted by Crippen LogP contribution is -2.37. The van der Waals surface area contributed by atoms with Gasteiger partial charge in [0.2, 0.25) is 0 Å². The number of hydrazine groups is 1. The van der Waals surface area contributed by atoms with Crippen molar-refractivity contribution in [3.63, 3.8) is 0 Å². The van der Waals surface area contributed by atoms with Crippen LogP contribution in [0.2, 0.25) is 0 Å². The van der Waals surface area contributed by atoms with E-state index in [2.05, 4.69) is 21.6 Å². The molecule has 0 aromatic carbocycles. The molecule has 0 radical (unpaired) electrons. The fourth-order valence-corrected chi connectivity index (χ4v) is 2.32. The molecule has 3 N–H and O–H groups in total. The molecule has 5 nitrogen and oxygen atoms in total. The fourth-order valence-electron chi connectivity index (χ4n) is 2.32. The van der Waals surface area contributed by atoms with Crippen molar-refractivity contribution in [3.05, 3.63) is 23.8 Å². The van der Waals surface area contributed by atoms with Crippen molar-refractivity contribution in [1.29, 1.82) is 0 Å². The Kier molecular flexibility index (Phi) is 4.28. The average molecular weight is 235 g/mol. The van der Waals surface area contributed by atoms with E-state index in [1.165, 1.54) is 31.3 Å². The quantitative estimate of drug-likeness (QED) is 0.455. The van der Waals surface area contributed by atoms with Crippen LogP contribution in [0.1, 0.15) is 37.9 Å². The third-order valence-corrected chi connectivity index (χ3v) is 3.36. The molecule has 1 aliphatic rings. The lowest BCUT2D eigenvalue weighted by Gasteiger charge is -2.19. The Morgan fingerprint density at radius 1 is 1.47 bits per heavy atom. The van der Waals surface area contributed by atoms with Gasteiger partial charge in [-0.05, 0) is 32.1 Å². The molecule has 0 spiro atoms. The van der Waals surface area contributed by atoms with Crippen LogP contribution in [0.5, 0.6) is 0 Å². The molecule has 17 heavy (non-hydrogen) atoms. The standard InChI is InChI=1S/C12H21N5/c1-17-12(14-9-15-17)8-11(16-13)7-10-5-3-2-4-6-10/h5,9,11,16H,2-4,6-8,13H2,1H3. The Balaban J connectivity index is 1.92. The van der Waals surface area contributed by atoms with Crippen molar-refractivity contribution in [3.8, 4) is 0 Å². The Labute approximate surface area is 102 Å². The molecular formula is C12H21N5. The zero-order valence-electron chi connectivity index (χ0n) is 10.4. The second-order valence-electron chi connectivity index (χ2n) is 4.68. The van der Waals surface area contributed by atoms with Crippen LogP contribution in [-0.4, -0.2) is 20.8 Å². The molecule has 1 aromatic heterocycles. The number of nitrogens with one attached hydrogen (secondary N) is 1. The molecule has 0 fully saturated rings. The third-order valence-electron chi connectivity index (χ3n) is 3.36. The number of aromatic nitrogens is 3. The predicted octanol–water partition coefficient (Wildman–Crippen LogP) is 1.08. The van der Waals surface area contributed by atoms with E-state index in [4.69, 9.17) is 5.84 Å². The van der Waals surface area contributed by atoms with E-state index in [1.807, 2.05) is 7.05 Å². The SMILES string of the molecule is Cn1ncnc1CC(CC1=CCCCC1)NN. The molecule has 1 aliphatic carbocycles. The third kappa shape index (κ3) is 3.38. The summed E-state index contributed by atoms with van der Waals surface area (Å²) in [6, 6.07) is 0.252. The van der Waals surface area contributed by atoms with Crippen molar-refractivity contribution in [2.24, 2.45) is 12.9 Å². The molecule has 1 unspecified atom stereocenters. The average Bonchev–Trinajstić information content (AvgIpc) is 2.75. The summed E-state index contributed by atoms with van der Waals surface area (Å²) in [5.41, 5.74) is 4.42. The maximum Gasteiger partial charge on any atom is 0.138 e. The maximum atomic E-state index is 5.62. The van der Waals surface area contributed by atoms with Crippen molar-refractivity contribution in [2.45, 2.75) is 44.6 Å². The van der Waals surface area contributed by atoms with Crippen LogP contribution in [0.25, 0.3) is 0 Å². The van der Waals surface area contributed by atoms with E-state index in [0.29, 0.717) is 0 Å². The van der Waals surface area contributed by atoms with Gasteiger partial charge in [0.25, 0.3) is 0 Å². The van der Waals surface area contributed by atoms with Crippen LogP contribution < -0.4 is 11.3 Å². The summed E-state index contributed by atoms with van der Waals surface area (Å²) in [6.07, 6.45) is 10.9. The summed E-state index contributed by atoms with van der Waals surface area (Å²) in [7, 11) is 1.91. The van der Waals surface area contributed by atoms with Gasteiger partial charge < -0.3 is 0 Å². The van der Waals surface area contributed by atoms with Crippen LogP contribution in [0.15, 0.2) is 18.0 Å². The smallest absolute Gasteiger partial charge is 0.138 e. The van der Waals surface area contributed by atoms with E-state index in [0.717, 1.165) is 18.7 Å². The zero-order valence-corrected chi connectivity index (χ0v) is 10.4. The van der Waals surface area contributed by atoms with Gasteiger partial charge in [-0.1, -0.05) is 11.6 Å². The van der Waals surface area contributed by atoms with Gasteiger partial charge in [0, 0.05) is 19.5 Å².